The first-order valence-electron chi connectivity index (χ1n) is 9.51. The van der Waals surface area contributed by atoms with Gasteiger partial charge in [0.25, 0.3) is 0 Å². The van der Waals surface area contributed by atoms with Crippen molar-refractivity contribution in [1.29, 1.82) is 0 Å². The number of aromatic nitrogens is 1. The minimum Gasteiger partial charge on any atom is -0.370 e. The van der Waals surface area contributed by atoms with Crippen molar-refractivity contribution in [2.75, 3.05) is 23.3 Å². The zero-order valence-corrected chi connectivity index (χ0v) is 16.7. The van der Waals surface area contributed by atoms with E-state index in [4.69, 9.17) is 0 Å². The number of carbonyl (C=O) groups excluding carboxylic acids is 1. The number of rotatable bonds is 5. The predicted octanol–water partition coefficient (Wildman–Crippen LogP) is 4.12. The van der Waals surface area contributed by atoms with E-state index in [-0.39, 0.29) is 17.3 Å². The van der Waals surface area contributed by atoms with Crippen molar-refractivity contribution in [1.82, 2.24) is 4.57 Å². The second-order valence-corrected chi connectivity index (χ2v) is 7.92. The van der Waals surface area contributed by atoms with E-state index in [1.54, 1.807) is 4.57 Å². The normalized spacial score (nSPS) is 13.7. The van der Waals surface area contributed by atoms with Crippen LogP contribution in [-0.4, -0.2) is 23.6 Å². The highest BCUT2D eigenvalue weighted by molar-refractivity contribution is 7.07. The summed E-state index contributed by atoms with van der Waals surface area (Å²) in [7, 11) is 0. The fourth-order valence-electron chi connectivity index (χ4n) is 3.58. The molecule has 0 atom stereocenters. The molecule has 2 heterocycles. The maximum absolute atomic E-state index is 12.8. The summed E-state index contributed by atoms with van der Waals surface area (Å²) >= 11 is 1.12. The Labute approximate surface area is 168 Å². The number of thiazole rings is 1. The van der Waals surface area contributed by atoms with E-state index in [0.717, 1.165) is 52.6 Å². The fourth-order valence-corrected chi connectivity index (χ4v) is 4.34. The summed E-state index contributed by atoms with van der Waals surface area (Å²) < 4.78 is 1.54. The molecule has 0 saturated carbocycles. The van der Waals surface area contributed by atoms with E-state index in [0.29, 0.717) is 0 Å². The summed E-state index contributed by atoms with van der Waals surface area (Å²) in [5.74, 6) is -0.194. The summed E-state index contributed by atoms with van der Waals surface area (Å²) in [5, 5.41) is 4.82. The number of nitrogens with one attached hydrogen (secondary N) is 1. The summed E-state index contributed by atoms with van der Waals surface area (Å²) in [6, 6.07) is 15.8. The first-order valence-corrected chi connectivity index (χ1v) is 10.4. The van der Waals surface area contributed by atoms with Crippen LogP contribution in [0.25, 0.3) is 11.3 Å². The van der Waals surface area contributed by atoms with Crippen molar-refractivity contribution in [3.05, 3.63) is 69.1 Å². The Morgan fingerprint density at radius 2 is 1.79 bits per heavy atom. The van der Waals surface area contributed by atoms with Gasteiger partial charge in [-0.25, -0.2) is 0 Å². The van der Waals surface area contributed by atoms with Gasteiger partial charge in [0.2, 0.25) is 5.91 Å². The van der Waals surface area contributed by atoms with E-state index in [2.05, 4.69) is 10.2 Å². The molecule has 0 radical (unpaired) electrons. The van der Waals surface area contributed by atoms with Crippen molar-refractivity contribution in [3.63, 3.8) is 0 Å². The molecular formula is C22H23N3O2S. The molecule has 144 valence electrons. The number of amides is 1. The summed E-state index contributed by atoms with van der Waals surface area (Å²) in [5.41, 5.74) is 4.72. The van der Waals surface area contributed by atoms with Crippen LogP contribution in [0.5, 0.6) is 0 Å². The van der Waals surface area contributed by atoms with Gasteiger partial charge >= 0.3 is 4.87 Å². The molecule has 1 saturated heterocycles. The van der Waals surface area contributed by atoms with Crippen LogP contribution < -0.4 is 15.1 Å². The highest BCUT2D eigenvalue weighted by Crippen LogP contribution is 2.28. The number of nitrogens with zero attached hydrogens (tertiary/aromatic N) is 2. The molecule has 6 heteroatoms. The SMILES string of the molecule is Cc1ccc(-c2csc(=O)n2CC(=O)Nc2ccccc2N2CCCC2)cc1. The second kappa shape index (κ2) is 8.02. The molecular weight excluding hydrogens is 370 g/mol. The number of hydrogen-bond donors (Lipinski definition) is 1. The Morgan fingerprint density at radius 1 is 1.07 bits per heavy atom. The van der Waals surface area contributed by atoms with Crippen LogP contribution in [0, 0.1) is 6.92 Å². The van der Waals surface area contributed by atoms with Crippen molar-refractivity contribution < 1.29 is 4.79 Å². The molecule has 1 fully saturated rings. The van der Waals surface area contributed by atoms with E-state index in [9.17, 15) is 9.59 Å². The van der Waals surface area contributed by atoms with Gasteiger partial charge in [0.05, 0.1) is 17.1 Å². The Kier molecular flexibility index (Phi) is 5.30. The second-order valence-electron chi connectivity index (χ2n) is 7.10. The first kappa shape index (κ1) is 18.5. The molecule has 0 aliphatic carbocycles. The Morgan fingerprint density at radius 3 is 2.54 bits per heavy atom. The zero-order valence-electron chi connectivity index (χ0n) is 15.9. The third-order valence-corrected chi connectivity index (χ3v) is 5.82. The van der Waals surface area contributed by atoms with Gasteiger partial charge in [0, 0.05) is 18.5 Å². The van der Waals surface area contributed by atoms with Crippen molar-refractivity contribution >= 4 is 28.6 Å². The minimum absolute atomic E-state index is 0.000122. The molecule has 0 unspecified atom stereocenters. The fraction of sp³-hybridized carbons (Fsp3) is 0.273. The molecule has 1 aliphatic heterocycles. The summed E-state index contributed by atoms with van der Waals surface area (Å²) in [6.07, 6.45) is 2.35. The topological polar surface area (TPSA) is 54.3 Å². The molecule has 2 aromatic carbocycles. The molecule has 1 aromatic heterocycles. The van der Waals surface area contributed by atoms with Gasteiger partial charge in [-0.2, -0.15) is 0 Å². The van der Waals surface area contributed by atoms with Crippen LogP contribution in [0.1, 0.15) is 18.4 Å². The van der Waals surface area contributed by atoms with Gasteiger partial charge in [-0.15, -0.1) is 0 Å². The van der Waals surface area contributed by atoms with E-state index in [1.165, 1.54) is 12.8 Å². The van der Waals surface area contributed by atoms with Gasteiger partial charge in [-0.05, 0) is 37.5 Å². The van der Waals surface area contributed by atoms with Crippen LogP contribution in [-0.2, 0) is 11.3 Å². The molecule has 0 spiro atoms. The smallest absolute Gasteiger partial charge is 0.308 e. The maximum Gasteiger partial charge on any atom is 0.308 e. The quantitative estimate of drug-likeness (QED) is 0.709. The van der Waals surface area contributed by atoms with Crippen LogP contribution in [0.15, 0.2) is 58.7 Å². The summed E-state index contributed by atoms with van der Waals surface area (Å²) in [6.45, 7) is 4.04. The number of anilines is 2. The lowest BCUT2D eigenvalue weighted by Gasteiger charge is -2.21. The number of aryl methyl sites for hydroxylation is 1. The van der Waals surface area contributed by atoms with Crippen LogP contribution in [0.4, 0.5) is 11.4 Å². The Balaban J connectivity index is 1.55. The first-order chi connectivity index (χ1) is 13.6. The summed E-state index contributed by atoms with van der Waals surface area (Å²) in [4.78, 5) is 27.3. The molecule has 4 rings (SSSR count). The van der Waals surface area contributed by atoms with E-state index in [1.807, 2.05) is 60.8 Å². The highest BCUT2D eigenvalue weighted by atomic mass is 32.1. The average molecular weight is 394 g/mol. The number of para-hydroxylation sites is 2. The van der Waals surface area contributed by atoms with Crippen molar-refractivity contribution in [2.24, 2.45) is 0 Å². The Bertz CT molecular complexity index is 1030. The predicted molar refractivity (Wildman–Crippen MR) is 115 cm³/mol. The number of benzene rings is 2. The minimum atomic E-state index is -0.194. The zero-order chi connectivity index (χ0) is 19.5. The van der Waals surface area contributed by atoms with Gasteiger partial charge in [0.15, 0.2) is 0 Å². The monoisotopic (exact) mass is 393 g/mol. The molecule has 0 bridgehead atoms. The molecule has 3 aromatic rings. The van der Waals surface area contributed by atoms with Crippen LogP contribution in [0.3, 0.4) is 0 Å². The molecule has 1 amide bonds. The largest absolute Gasteiger partial charge is 0.370 e. The lowest BCUT2D eigenvalue weighted by Crippen LogP contribution is -2.26. The maximum atomic E-state index is 12.8. The van der Waals surface area contributed by atoms with E-state index < -0.39 is 0 Å². The van der Waals surface area contributed by atoms with Gasteiger partial charge < -0.3 is 10.2 Å². The van der Waals surface area contributed by atoms with Gasteiger partial charge in [0.1, 0.15) is 6.54 Å². The molecule has 28 heavy (non-hydrogen) atoms. The number of carbonyl (C=O) groups is 1. The third-order valence-electron chi connectivity index (χ3n) is 5.06. The average Bonchev–Trinajstić information content (AvgIpc) is 3.34. The molecule has 5 nitrogen and oxygen atoms in total. The van der Waals surface area contributed by atoms with Crippen LogP contribution in [0.2, 0.25) is 0 Å². The molecule has 1 N–H and O–H groups in total. The highest BCUT2D eigenvalue weighted by Gasteiger charge is 2.18. The van der Waals surface area contributed by atoms with Crippen molar-refractivity contribution in [3.8, 4) is 11.3 Å². The third kappa shape index (κ3) is 3.87. The van der Waals surface area contributed by atoms with E-state index >= 15 is 0 Å². The van der Waals surface area contributed by atoms with Crippen LogP contribution >= 0.6 is 11.3 Å². The molecule has 1 aliphatic rings. The van der Waals surface area contributed by atoms with Crippen molar-refractivity contribution in [2.45, 2.75) is 26.3 Å². The van der Waals surface area contributed by atoms with Gasteiger partial charge in [-0.3, -0.25) is 14.2 Å². The number of hydrogen-bond acceptors (Lipinski definition) is 4. The Hall–Kier alpha value is -2.86. The lowest BCUT2D eigenvalue weighted by molar-refractivity contribution is -0.116. The van der Waals surface area contributed by atoms with Gasteiger partial charge in [-0.1, -0.05) is 53.3 Å². The standard InChI is InChI=1S/C22H23N3O2S/c1-16-8-10-17(11-9-16)20-15-28-22(27)25(20)14-21(26)23-18-6-2-3-7-19(18)24-12-4-5-13-24/h2-3,6-11,15H,4-5,12-14H2,1H3,(H,23,26). The lowest BCUT2D eigenvalue weighted by atomic mass is 10.1.